The normalized spacial score (nSPS) is 20.5. The second-order valence-electron chi connectivity index (χ2n) is 8.98. The molecule has 2 aliphatic carbocycles. The highest BCUT2D eigenvalue weighted by Gasteiger charge is 2.39. The number of carbonyl (C=O) groups is 2. The molecule has 0 aromatic carbocycles. The van der Waals surface area contributed by atoms with E-state index in [0.717, 1.165) is 43.4 Å². The van der Waals surface area contributed by atoms with E-state index in [1.807, 2.05) is 6.92 Å². The Morgan fingerprint density at radius 2 is 1.89 bits per heavy atom. The highest BCUT2D eigenvalue weighted by atomic mass is 16.5. The zero-order chi connectivity index (χ0) is 20.5. The van der Waals surface area contributed by atoms with Gasteiger partial charge in [-0.25, -0.2) is 4.79 Å². The van der Waals surface area contributed by atoms with Gasteiger partial charge in [-0.1, -0.05) is 33.1 Å². The number of hydrogen-bond donors (Lipinski definition) is 0. The maximum absolute atomic E-state index is 13.2. The smallest absolute Gasteiger partial charge is 0.340 e. The van der Waals surface area contributed by atoms with Crippen LogP contribution in [0.2, 0.25) is 0 Å². The number of pyridine rings is 1. The Morgan fingerprint density at radius 3 is 2.50 bits per heavy atom. The summed E-state index contributed by atoms with van der Waals surface area (Å²) >= 11 is 0. The first-order valence-corrected chi connectivity index (χ1v) is 10.6. The fourth-order valence-corrected chi connectivity index (χ4v) is 4.78. The van der Waals surface area contributed by atoms with E-state index >= 15 is 0 Å². The number of fused-ring (bicyclic) bond motifs is 1. The molecule has 28 heavy (non-hydrogen) atoms. The lowest BCUT2D eigenvalue weighted by molar-refractivity contribution is 0.0510. The van der Waals surface area contributed by atoms with Crippen LogP contribution in [-0.2, 0) is 15.9 Å². The van der Waals surface area contributed by atoms with Gasteiger partial charge < -0.3 is 9.47 Å². The maximum Gasteiger partial charge on any atom is 0.340 e. The first-order valence-electron chi connectivity index (χ1n) is 10.6. The van der Waals surface area contributed by atoms with Crippen molar-refractivity contribution in [2.45, 2.75) is 84.7 Å². The minimum absolute atomic E-state index is 0.112. The largest absolute Gasteiger partial charge is 0.462 e. The lowest BCUT2D eigenvalue weighted by Crippen LogP contribution is -2.32. The van der Waals surface area contributed by atoms with Crippen molar-refractivity contribution in [1.29, 1.82) is 0 Å². The van der Waals surface area contributed by atoms with E-state index in [4.69, 9.17) is 14.5 Å². The molecule has 0 saturated heterocycles. The highest BCUT2D eigenvalue weighted by molar-refractivity contribution is 6.04. The highest BCUT2D eigenvalue weighted by Crippen LogP contribution is 2.44. The summed E-state index contributed by atoms with van der Waals surface area (Å²) in [5.74, 6) is -0.0609. The molecule has 0 aliphatic heterocycles. The third-order valence-corrected chi connectivity index (χ3v) is 6.13. The molecular weight excluding hydrogens is 354 g/mol. The van der Waals surface area contributed by atoms with Crippen molar-refractivity contribution in [3.8, 4) is 0 Å². The van der Waals surface area contributed by atoms with Gasteiger partial charge >= 0.3 is 5.97 Å². The van der Waals surface area contributed by atoms with Crippen molar-refractivity contribution in [1.82, 2.24) is 4.98 Å². The quantitative estimate of drug-likeness (QED) is 0.652. The van der Waals surface area contributed by atoms with Crippen molar-refractivity contribution >= 4 is 11.8 Å². The minimum atomic E-state index is -0.380. The fourth-order valence-electron chi connectivity index (χ4n) is 4.78. The molecule has 0 bridgehead atoms. The van der Waals surface area contributed by atoms with Crippen LogP contribution in [-0.4, -0.2) is 30.5 Å². The molecule has 154 valence electrons. The topological polar surface area (TPSA) is 65.5 Å². The number of hydrogen-bond acceptors (Lipinski definition) is 5. The van der Waals surface area contributed by atoms with Gasteiger partial charge in [-0.05, 0) is 50.0 Å². The standard InChI is InChI=1S/C23H33NO4/c1-6-28-22(26)20-18(15-10-8-7-9-11-15)19-16(24-21(20)14(2)27-5)12-23(3,4)13-17(19)25/h14-15H,6-13H2,1-5H3. The Bertz CT molecular complexity index is 762. The Kier molecular flexibility index (Phi) is 6.23. The van der Waals surface area contributed by atoms with E-state index in [1.54, 1.807) is 14.0 Å². The van der Waals surface area contributed by atoms with Gasteiger partial charge in [-0.15, -0.1) is 0 Å². The van der Waals surface area contributed by atoms with Gasteiger partial charge in [0.1, 0.15) is 0 Å². The van der Waals surface area contributed by atoms with Crippen LogP contribution in [0, 0.1) is 5.41 Å². The monoisotopic (exact) mass is 387 g/mol. The number of carbonyl (C=O) groups excluding carboxylic acids is 2. The van der Waals surface area contributed by atoms with Gasteiger partial charge in [-0.3, -0.25) is 9.78 Å². The van der Waals surface area contributed by atoms with Crippen LogP contribution in [0.5, 0.6) is 0 Å². The van der Waals surface area contributed by atoms with E-state index in [0.29, 0.717) is 29.8 Å². The summed E-state index contributed by atoms with van der Waals surface area (Å²) in [5.41, 5.74) is 3.39. The van der Waals surface area contributed by atoms with Crippen LogP contribution in [0.15, 0.2) is 0 Å². The number of methoxy groups -OCH3 is 1. The Morgan fingerprint density at radius 1 is 1.21 bits per heavy atom. The molecule has 5 nitrogen and oxygen atoms in total. The summed E-state index contributed by atoms with van der Waals surface area (Å²) < 4.78 is 11.0. The molecule has 1 unspecified atom stereocenters. The average molecular weight is 388 g/mol. The molecule has 0 N–H and O–H groups in total. The molecule has 1 aromatic rings. The second-order valence-corrected chi connectivity index (χ2v) is 8.98. The number of aromatic nitrogens is 1. The van der Waals surface area contributed by atoms with E-state index in [1.165, 1.54) is 6.42 Å². The molecule has 1 heterocycles. The lowest BCUT2D eigenvalue weighted by Gasteiger charge is -2.35. The van der Waals surface area contributed by atoms with Crippen LogP contribution in [0.4, 0.5) is 0 Å². The Balaban J connectivity index is 2.30. The number of esters is 1. The van der Waals surface area contributed by atoms with Gasteiger partial charge in [-0.2, -0.15) is 0 Å². The number of ether oxygens (including phenoxy) is 2. The molecular formula is C23H33NO4. The van der Waals surface area contributed by atoms with Crippen LogP contribution in [0.3, 0.4) is 0 Å². The summed E-state index contributed by atoms with van der Waals surface area (Å²) in [4.78, 5) is 31.1. The maximum atomic E-state index is 13.2. The SMILES string of the molecule is CCOC(=O)c1c(C(C)OC)nc2c(c1C1CCCCC1)C(=O)CC(C)(C)C2. The third kappa shape index (κ3) is 4.00. The van der Waals surface area contributed by atoms with Gasteiger partial charge in [0.25, 0.3) is 0 Å². The number of rotatable bonds is 5. The second kappa shape index (κ2) is 8.32. The molecule has 1 aromatic heterocycles. The molecule has 5 heteroatoms. The van der Waals surface area contributed by atoms with E-state index in [-0.39, 0.29) is 29.2 Å². The predicted octanol–water partition coefficient (Wildman–Crippen LogP) is 5.17. The molecule has 1 fully saturated rings. The summed E-state index contributed by atoms with van der Waals surface area (Å²) in [6.07, 6.45) is 6.34. The first kappa shape index (κ1) is 21.0. The summed E-state index contributed by atoms with van der Waals surface area (Å²) in [6, 6.07) is 0. The lowest BCUT2D eigenvalue weighted by atomic mass is 9.70. The van der Waals surface area contributed by atoms with Crippen molar-refractivity contribution in [2.75, 3.05) is 13.7 Å². The van der Waals surface area contributed by atoms with Crippen molar-refractivity contribution in [3.63, 3.8) is 0 Å². The molecule has 2 aliphatic rings. The summed E-state index contributed by atoms with van der Waals surface area (Å²) in [6.45, 7) is 8.21. The number of Topliss-reactive ketones (excluding diaryl/α,β-unsaturated/α-hetero) is 1. The molecule has 0 spiro atoms. The Labute approximate surface area is 168 Å². The van der Waals surface area contributed by atoms with E-state index in [9.17, 15) is 9.59 Å². The minimum Gasteiger partial charge on any atom is -0.462 e. The number of nitrogens with zero attached hydrogens (tertiary/aromatic N) is 1. The van der Waals surface area contributed by atoms with Gasteiger partial charge in [0, 0.05) is 19.1 Å². The molecule has 0 amide bonds. The molecule has 3 rings (SSSR count). The zero-order valence-electron chi connectivity index (χ0n) is 17.9. The van der Waals surface area contributed by atoms with Crippen molar-refractivity contribution < 1.29 is 19.1 Å². The fraction of sp³-hybridized carbons (Fsp3) is 0.696. The van der Waals surface area contributed by atoms with E-state index in [2.05, 4.69) is 13.8 Å². The Hall–Kier alpha value is -1.75. The number of ketones is 1. The van der Waals surface area contributed by atoms with Crippen LogP contribution in [0.25, 0.3) is 0 Å². The first-order chi connectivity index (χ1) is 13.3. The molecule has 1 atom stereocenters. The molecule has 1 saturated carbocycles. The summed E-state index contributed by atoms with van der Waals surface area (Å²) in [5, 5.41) is 0. The van der Waals surface area contributed by atoms with E-state index < -0.39 is 0 Å². The van der Waals surface area contributed by atoms with Crippen molar-refractivity contribution in [2.24, 2.45) is 5.41 Å². The molecule has 0 radical (unpaired) electrons. The van der Waals surface area contributed by atoms with Crippen LogP contribution < -0.4 is 0 Å². The zero-order valence-corrected chi connectivity index (χ0v) is 17.9. The van der Waals surface area contributed by atoms with Gasteiger partial charge in [0.15, 0.2) is 5.78 Å². The van der Waals surface area contributed by atoms with Gasteiger partial charge in [0.2, 0.25) is 0 Å². The third-order valence-electron chi connectivity index (χ3n) is 6.13. The van der Waals surface area contributed by atoms with Crippen molar-refractivity contribution in [3.05, 3.63) is 28.1 Å². The van der Waals surface area contributed by atoms with Crippen LogP contribution in [0.1, 0.15) is 116 Å². The van der Waals surface area contributed by atoms with Gasteiger partial charge in [0.05, 0.1) is 29.7 Å². The predicted molar refractivity (Wildman–Crippen MR) is 108 cm³/mol. The summed E-state index contributed by atoms with van der Waals surface area (Å²) in [7, 11) is 1.62. The van der Waals surface area contributed by atoms with Crippen LogP contribution >= 0.6 is 0 Å². The average Bonchev–Trinajstić information content (AvgIpc) is 2.65.